The average molecular weight is 236 g/mol. The van der Waals surface area contributed by atoms with E-state index in [2.05, 4.69) is 4.98 Å². The number of fused-ring (bicyclic) bond motifs is 1. The van der Waals surface area contributed by atoms with Gasteiger partial charge in [-0.05, 0) is 23.8 Å². The molecule has 0 saturated heterocycles. The lowest BCUT2D eigenvalue weighted by molar-refractivity contribution is 0.111. The van der Waals surface area contributed by atoms with E-state index in [-0.39, 0.29) is 0 Å². The van der Waals surface area contributed by atoms with E-state index in [9.17, 15) is 4.79 Å². The molecule has 3 aromatic rings. The Kier molecular flexibility index (Phi) is 2.65. The molecule has 0 fully saturated rings. The Morgan fingerprint density at radius 3 is 2.89 bits per heavy atom. The second-order valence-electron chi connectivity index (χ2n) is 4.17. The van der Waals surface area contributed by atoms with Crippen molar-refractivity contribution >= 4 is 17.2 Å². The average Bonchev–Trinajstić information content (AvgIpc) is 2.86. The lowest BCUT2D eigenvalue weighted by atomic mass is 10.1. The van der Waals surface area contributed by atoms with Gasteiger partial charge in [-0.1, -0.05) is 24.3 Å². The molecule has 0 aliphatic carbocycles. The lowest BCUT2D eigenvalue weighted by Gasteiger charge is -2.08. The minimum Gasteiger partial charge on any atom is -0.341 e. The van der Waals surface area contributed by atoms with Gasteiger partial charge < -0.3 is 4.57 Å². The monoisotopic (exact) mass is 236 g/mol. The molecular formula is C15H12N2O. The summed E-state index contributed by atoms with van der Waals surface area (Å²) in [5, 5.41) is 1.12. The maximum Gasteiger partial charge on any atom is 0.166 e. The molecule has 88 valence electrons. The normalized spacial score (nSPS) is 10.7. The van der Waals surface area contributed by atoms with Gasteiger partial charge in [-0.2, -0.15) is 0 Å². The number of carbonyl (C=O) groups excluding carboxylic acids is 1. The summed E-state index contributed by atoms with van der Waals surface area (Å²) < 4.78 is 1.93. The van der Waals surface area contributed by atoms with Crippen molar-refractivity contribution in [2.45, 2.75) is 6.54 Å². The fraction of sp³-hybridized carbons (Fsp3) is 0.0667. The van der Waals surface area contributed by atoms with Gasteiger partial charge in [0, 0.05) is 24.3 Å². The van der Waals surface area contributed by atoms with Crippen LogP contribution in [0.5, 0.6) is 0 Å². The number of hydrogen-bond acceptors (Lipinski definition) is 2. The lowest BCUT2D eigenvalue weighted by Crippen LogP contribution is -2.03. The van der Waals surface area contributed by atoms with Gasteiger partial charge in [0.05, 0.1) is 11.2 Å². The van der Waals surface area contributed by atoms with E-state index in [1.54, 1.807) is 6.20 Å². The van der Waals surface area contributed by atoms with E-state index in [1.165, 1.54) is 0 Å². The van der Waals surface area contributed by atoms with Gasteiger partial charge in [0.15, 0.2) is 6.29 Å². The van der Waals surface area contributed by atoms with Gasteiger partial charge in [-0.3, -0.25) is 9.78 Å². The van der Waals surface area contributed by atoms with Crippen molar-refractivity contribution < 1.29 is 4.79 Å². The van der Waals surface area contributed by atoms with Crippen LogP contribution >= 0.6 is 0 Å². The Hall–Kier alpha value is -2.42. The van der Waals surface area contributed by atoms with Crippen molar-refractivity contribution in [1.82, 2.24) is 9.55 Å². The SMILES string of the molecule is O=Cc1cccn1Cc1cccc2cccnc12. The van der Waals surface area contributed by atoms with Crippen LogP contribution in [0.4, 0.5) is 0 Å². The highest BCUT2D eigenvalue weighted by molar-refractivity contribution is 5.81. The molecular weight excluding hydrogens is 224 g/mol. The predicted octanol–water partition coefficient (Wildman–Crippen LogP) is 2.90. The van der Waals surface area contributed by atoms with Crippen molar-refractivity contribution in [3.8, 4) is 0 Å². The third-order valence-corrected chi connectivity index (χ3v) is 3.04. The number of para-hydroxylation sites is 1. The highest BCUT2D eigenvalue weighted by atomic mass is 16.1. The van der Waals surface area contributed by atoms with E-state index >= 15 is 0 Å². The number of nitrogens with zero attached hydrogens (tertiary/aromatic N) is 2. The van der Waals surface area contributed by atoms with Gasteiger partial charge >= 0.3 is 0 Å². The molecule has 0 amide bonds. The van der Waals surface area contributed by atoms with Gasteiger partial charge in [0.1, 0.15) is 0 Å². The van der Waals surface area contributed by atoms with Gasteiger partial charge in [0.25, 0.3) is 0 Å². The van der Waals surface area contributed by atoms with Crippen molar-refractivity contribution in [1.29, 1.82) is 0 Å². The van der Waals surface area contributed by atoms with E-state index in [0.717, 1.165) is 22.8 Å². The number of pyridine rings is 1. The van der Waals surface area contributed by atoms with E-state index in [0.29, 0.717) is 12.2 Å². The topological polar surface area (TPSA) is 34.9 Å². The number of rotatable bonds is 3. The van der Waals surface area contributed by atoms with Crippen molar-refractivity contribution in [3.63, 3.8) is 0 Å². The summed E-state index contributed by atoms with van der Waals surface area (Å²) in [7, 11) is 0. The molecule has 2 aromatic heterocycles. The van der Waals surface area contributed by atoms with Crippen LogP contribution in [0.2, 0.25) is 0 Å². The van der Waals surface area contributed by atoms with E-state index < -0.39 is 0 Å². The number of hydrogen-bond donors (Lipinski definition) is 0. The maximum absolute atomic E-state index is 10.9. The molecule has 0 radical (unpaired) electrons. The first-order chi connectivity index (χ1) is 8.88. The molecule has 0 saturated carbocycles. The van der Waals surface area contributed by atoms with Crippen molar-refractivity contribution in [2.75, 3.05) is 0 Å². The molecule has 0 bridgehead atoms. The predicted molar refractivity (Wildman–Crippen MR) is 70.7 cm³/mol. The molecule has 18 heavy (non-hydrogen) atoms. The molecule has 0 N–H and O–H groups in total. The second kappa shape index (κ2) is 4.45. The summed E-state index contributed by atoms with van der Waals surface area (Å²) in [6.07, 6.45) is 4.58. The number of benzene rings is 1. The first-order valence-electron chi connectivity index (χ1n) is 5.81. The molecule has 0 unspecified atom stereocenters. The molecule has 3 heteroatoms. The van der Waals surface area contributed by atoms with Crippen LogP contribution < -0.4 is 0 Å². The molecule has 3 rings (SSSR count). The summed E-state index contributed by atoms with van der Waals surface area (Å²) in [6.45, 7) is 0.662. The summed E-state index contributed by atoms with van der Waals surface area (Å²) in [6, 6.07) is 13.8. The Labute approximate surface area is 105 Å². The number of aromatic nitrogens is 2. The zero-order valence-electron chi connectivity index (χ0n) is 9.78. The van der Waals surface area contributed by atoms with Crippen LogP contribution in [0, 0.1) is 0 Å². The Balaban J connectivity index is 2.07. The summed E-state index contributed by atoms with van der Waals surface area (Å²) in [5.41, 5.74) is 2.79. The summed E-state index contributed by atoms with van der Waals surface area (Å²) in [5.74, 6) is 0. The molecule has 2 heterocycles. The Morgan fingerprint density at radius 2 is 2.00 bits per heavy atom. The highest BCUT2D eigenvalue weighted by Crippen LogP contribution is 2.17. The standard InChI is InChI=1S/C15H12N2O/c18-11-14-7-3-9-17(14)10-13-5-1-4-12-6-2-8-16-15(12)13/h1-9,11H,10H2. The van der Waals surface area contributed by atoms with Gasteiger partial charge in [0.2, 0.25) is 0 Å². The first-order valence-corrected chi connectivity index (χ1v) is 5.81. The molecule has 0 spiro atoms. The fourth-order valence-electron chi connectivity index (χ4n) is 2.16. The minimum atomic E-state index is 0.662. The van der Waals surface area contributed by atoms with Gasteiger partial charge in [-0.25, -0.2) is 0 Å². The third kappa shape index (κ3) is 1.80. The van der Waals surface area contributed by atoms with Crippen LogP contribution in [-0.2, 0) is 6.54 Å². The largest absolute Gasteiger partial charge is 0.341 e. The quantitative estimate of drug-likeness (QED) is 0.655. The molecule has 0 aliphatic heterocycles. The van der Waals surface area contributed by atoms with Gasteiger partial charge in [-0.15, -0.1) is 0 Å². The zero-order valence-corrected chi connectivity index (χ0v) is 9.78. The van der Waals surface area contributed by atoms with Crippen LogP contribution in [-0.4, -0.2) is 15.8 Å². The highest BCUT2D eigenvalue weighted by Gasteiger charge is 2.04. The second-order valence-corrected chi connectivity index (χ2v) is 4.17. The third-order valence-electron chi connectivity index (χ3n) is 3.04. The first kappa shape index (κ1) is 10.7. The summed E-state index contributed by atoms with van der Waals surface area (Å²) >= 11 is 0. The van der Waals surface area contributed by atoms with Crippen LogP contribution in [0.1, 0.15) is 16.1 Å². The zero-order chi connectivity index (χ0) is 12.4. The number of aldehydes is 1. The van der Waals surface area contributed by atoms with E-state index in [4.69, 9.17) is 0 Å². The fourth-order valence-corrected chi connectivity index (χ4v) is 2.16. The maximum atomic E-state index is 10.9. The molecule has 0 aliphatic rings. The molecule has 0 atom stereocenters. The van der Waals surface area contributed by atoms with Crippen LogP contribution in [0.25, 0.3) is 10.9 Å². The molecule has 3 nitrogen and oxygen atoms in total. The Morgan fingerprint density at radius 1 is 1.11 bits per heavy atom. The Bertz CT molecular complexity index is 695. The number of carbonyl (C=O) groups is 1. The van der Waals surface area contributed by atoms with Crippen molar-refractivity contribution in [3.05, 3.63) is 66.1 Å². The minimum absolute atomic E-state index is 0.662. The van der Waals surface area contributed by atoms with E-state index in [1.807, 2.05) is 53.2 Å². The van der Waals surface area contributed by atoms with Crippen LogP contribution in [0.15, 0.2) is 54.9 Å². The summed E-state index contributed by atoms with van der Waals surface area (Å²) in [4.78, 5) is 15.3. The smallest absolute Gasteiger partial charge is 0.166 e. The van der Waals surface area contributed by atoms with Crippen molar-refractivity contribution in [2.24, 2.45) is 0 Å². The molecule has 1 aromatic carbocycles. The van der Waals surface area contributed by atoms with Crippen LogP contribution in [0.3, 0.4) is 0 Å².